The van der Waals surface area contributed by atoms with E-state index in [1.165, 1.54) is 5.56 Å². The maximum atomic E-state index is 12.2. The Labute approximate surface area is 132 Å². The molecule has 5 heteroatoms. The number of aryl methyl sites for hydroxylation is 1. The Morgan fingerprint density at radius 3 is 2.64 bits per heavy atom. The normalized spacial score (nSPS) is 18.6. The molecule has 0 unspecified atom stereocenters. The van der Waals surface area contributed by atoms with E-state index in [2.05, 4.69) is 10.3 Å². The number of hydrogen-bond donors (Lipinski definition) is 1. The van der Waals surface area contributed by atoms with Crippen LogP contribution in [0.15, 0.2) is 24.5 Å². The van der Waals surface area contributed by atoms with Gasteiger partial charge in [0.1, 0.15) is 0 Å². The third-order valence-corrected chi connectivity index (χ3v) is 4.00. The molecule has 0 radical (unpaired) electrons. The summed E-state index contributed by atoms with van der Waals surface area (Å²) in [5, 5.41) is 2.95. The first-order valence-electron chi connectivity index (χ1n) is 7.85. The van der Waals surface area contributed by atoms with Gasteiger partial charge >= 0.3 is 0 Å². The van der Waals surface area contributed by atoms with Crippen LogP contribution in [-0.2, 0) is 16.0 Å². The zero-order valence-electron chi connectivity index (χ0n) is 13.6. The molecule has 2 amide bonds. The molecule has 0 spiro atoms. The molecule has 2 heterocycles. The van der Waals surface area contributed by atoms with E-state index in [9.17, 15) is 9.59 Å². The minimum Gasteiger partial charge on any atom is -0.356 e. The number of carbonyl (C=O) groups is 2. The summed E-state index contributed by atoms with van der Waals surface area (Å²) >= 11 is 0. The van der Waals surface area contributed by atoms with Gasteiger partial charge in [-0.3, -0.25) is 14.6 Å². The number of aromatic nitrogens is 1. The first-order chi connectivity index (χ1) is 10.4. The molecule has 1 aliphatic heterocycles. The van der Waals surface area contributed by atoms with Crippen LogP contribution in [0.2, 0.25) is 0 Å². The van der Waals surface area contributed by atoms with Gasteiger partial charge in [0.05, 0.1) is 5.92 Å². The SMILES string of the molecule is CC(C)(C)N1C[C@@H](C(=O)NCCCc2ccncc2)CC1=O. The van der Waals surface area contributed by atoms with Crippen LogP contribution < -0.4 is 5.32 Å². The molecule has 120 valence electrons. The molecular formula is C17H25N3O2. The molecule has 0 bridgehead atoms. The third kappa shape index (κ3) is 4.29. The molecule has 1 aliphatic rings. The molecule has 5 nitrogen and oxygen atoms in total. The molecule has 1 saturated heterocycles. The zero-order chi connectivity index (χ0) is 16.2. The van der Waals surface area contributed by atoms with Gasteiger partial charge in [0.15, 0.2) is 0 Å². The van der Waals surface area contributed by atoms with Gasteiger partial charge in [0.2, 0.25) is 11.8 Å². The summed E-state index contributed by atoms with van der Waals surface area (Å²) in [6, 6.07) is 3.97. The summed E-state index contributed by atoms with van der Waals surface area (Å²) in [4.78, 5) is 29.9. The molecule has 2 rings (SSSR count). The standard InChI is InChI=1S/C17H25N3O2/c1-17(2,3)20-12-14(11-15(20)21)16(22)19-8-4-5-13-6-9-18-10-7-13/h6-7,9-10,14H,4-5,8,11-12H2,1-3H3,(H,19,22)/t14-/m0/s1. The van der Waals surface area contributed by atoms with Crippen LogP contribution >= 0.6 is 0 Å². The van der Waals surface area contributed by atoms with Crippen molar-refractivity contribution in [3.05, 3.63) is 30.1 Å². The second-order valence-corrected chi connectivity index (χ2v) is 6.83. The van der Waals surface area contributed by atoms with Crippen molar-refractivity contribution in [2.45, 2.75) is 45.6 Å². The van der Waals surface area contributed by atoms with Gasteiger partial charge in [-0.15, -0.1) is 0 Å². The van der Waals surface area contributed by atoms with E-state index in [0.29, 0.717) is 19.5 Å². The predicted molar refractivity (Wildman–Crippen MR) is 85.1 cm³/mol. The van der Waals surface area contributed by atoms with Gasteiger partial charge in [0.25, 0.3) is 0 Å². The fourth-order valence-corrected chi connectivity index (χ4v) is 2.73. The number of carbonyl (C=O) groups excluding carboxylic acids is 2. The number of nitrogens with zero attached hydrogens (tertiary/aromatic N) is 2. The van der Waals surface area contributed by atoms with Gasteiger partial charge in [-0.2, -0.15) is 0 Å². The van der Waals surface area contributed by atoms with E-state index < -0.39 is 0 Å². The number of amides is 2. The summed E-state index contributed by atoms with van der Waals surface area (Å²) in [5.41, 5.74) is 1.01. The second-order valence-electron chi connectivity index (χ2n) is 6.83. The molecule has 0 saturated carbocycles. The molecule has 1 aromatic rings. The lowest BCUT2D eigenvalue weighted by Gasteiger charge is -2.31. The second kappa shape index (κ2) is 6.90. The van der Waals surface area contributed by atoms with Crippen molar-refractivity contribution in [1.29, 1.82) is 0 Å². The van der Waals surface area contributed by atoms with Crippen LogP contribution in [0.5, 0.6) is 0 Å². The molecular weight excluding hydrogens is 278 g/mol. The Bertz CT molecular complexity index is 522. The van der Waals surface area contributed by atoms with Crippen LogP contribution in [0, 0.1) is 5.92 Å². The van der Waals surface area contributed by atoms with Crippen molar-refractivity contribution in [3.63, 3.8) is 0 Å². The minimum atomic E-state index is -0.215. The highest BCUT2D eigenvalue weighted by Gasteiger charge is 2.39. The Hall–Kier alpha value is -1.91. The number of rotatable bonds is 5. The average molecular weight is 303 g/mol. The molecule has 0 aromatic carbocycles. The number of hydrogen-bond acceptors (Lipinski definition) is 3. The van der Waals surface area contributed by atoms with E-state index in [1.54, 1.807) is 17.3 Å². The zero-order valence-corrected chi connectivity index (χ0v) is 13.6. The van der Waals surface area contributed by atoms with Crippen molar-refractivity contribution >= 4 is 11.8 Å². The topological polar surface area (TPSA) is 62.3 Å². The van der Waals surface area contributed by atoms with Crippen molar-refractivity contribution in [2.75, 3.05) is 13.1 Å². The first-order valence-corrected chi connectivity index (χ1v) is 7.85. The van der Waals surface area contributed by atoms with Crippen molar-refractivity contribution in [1.82, 2.24) is 15.2 Å². The van der Waals surface area contributed by atoms with Gasteiger partial charge in [-0.25, -0.2) is 0 Å². The summed E-state index contributed by atoms with van der Waals surface area (Å²) in [5.74, 6) is -0.146. The number of nitrogens with one attached hydrogen (secondary N) is 1. The summed E-state index contributed by atoms with van der Waals surface area (Å²) < 4.78 is 0. The predicted octanol–water partition coefficient (Wildman–Crippen LogP) is 1.78. The van der Waals surface area contributed by atoms with Crippen molar-refractivity contribution < 1.29 is 9.59 Å². The monoisotopic (exact) mass is 303 g/mol. The van der Waals surface area contributed by atoms with Gasteiger partial charge in [0, 0.05) is 37.4 Å². The van der Waals surface area contributed by atoms with E-state index >= 15 is 0 Å². The van der Waals surface area contributed by atoms with E-state index in [4.69, 9.17) is 0 Å². The van der Waals surface area contributed by atoms with Crippen molar-refractivity contribution in [2.24, 2.45) is 5.92 Å². The molecule has 22 heavy (non-hydrogen) atoms. The van der Waals surface area contributed by atoms with E-state index in [1.807, 2.05) is 32.9 Å². The minimum absolute atomic E-state index is 0.00479. The summed E-state index contributed by atoms with van der Waals surface area (Å²) in [6.07, 6.45) is 5.69. The maximum Gasteiger partial charge on any atom is 0.225 e. The van der Waals surface area contributed by atoms with Crippen LogP contribution in [0.3, 0.4) is 0 Å². The first kappa shape index (κ1) is 16.5. The Kier molecular flexibility index (Phi) is 5.16. The van der Waals surface area contributed by atoms with Crippen molar-refractivity contribution in [3.8, 4) is 0 Å². The summed E-state index contributed by atoms with van der Waals surface area (Å²) in [6.45, 7) is 7.17. The van der Waals surface area contributed by atoms with Crippen LogP contribution in [0.1, 0.15) is 39.2 Å². The Balaban J connectivity index is 1.73. The summed E-state index contributed by atoms with van der Waals surface area (Å²) in [7, 11) is 0. The van der Waals surface area contributed by atoms with E-state index in [-0.39, 0.29) is 23.3 Å². The number of likely N-dealkylation sites (tertiary alicyclic amines) is 1. The van der Waals surface area contributed by atoms with Gasteiger partial charge in [-0.05, 0) is 51.3 Å². The molecule has 1 fully saturated rings. The molecule has 1 N–H and O–H groups in total. The smallest absolute Gasteiger partial charge is 0.225 e. The van der Waals surface area contributed by atoms with E-state index in [0.717, 1.165) is 12.8 Å². The Morgan fingerprint density at radius 2 is 2.05 bits per heavy atom. The quantitative estimate of drug-likeness (QED) is 0.843. The van der Waals surface area contributed by atoms with Gasteiger partial charge < -0.3 is 10.2 Å². The van der Waals surface area contributed by atoms with Crippen LogP contribution in [0.25, 0.3) is 0 Å². The molecule has 1 atom stereocenters. The lowest BCUT2D eigenvalue weighted by atomic mass is 10.1. The third-order valence-electron chi connectivity index (χ3n) is 4.00. The Morgan fingerprint density at radius 1 is 1.36 bits per heavy atom. The van der Waals surface area contributed by atoms with Gasteiger partial charge in [-0.1, -0.05) is 0 Å². The lowest BCUT2D eigenvalue weighted by Crippen LogP contribution is -2.43. The number of pyridine rings is 1. The maximum absolute atomic E-state index is 12.2. The fourth-order valence-electron chi connectivity index (χ4n) is 2.73. The highest BCUT2D eigenvalue weighted by Crippen LogP contribution is 2.25. The van der Waals surface area contributed by atoms with Crippen LogP contribution in [0.4, 0.5) is 0 Å². The molecule has 0 aliphatic carbocycles. The fraction of sp³-hybridized carbons (Fsp3) is 0.588. The molecule has 1 aromatic heterocycles. The van der Waals surface area contributed by atoms with Crippen LogP contribution in [-0.4, -0.2) is 40.3 Å². The lowest BCUT2D eigenvalue weighted by molar-refractivity contribution is -0.132. The largest absolute Gasteiger partial charge is 0.356 e. The average Bonchev–Trinajstić information content (AvgIpc) is 2.87. The highest BCUT2D eigenvalue weighted by molar-refractivity contribution is 5.89. The highest BCUT2D eigenvalue weighted by atomic mass is 16.2.